The predicted octanol–water partition coefficient (Wildman–Crippen LogP) is 3.81. The topological polar surface area (TPSA) is 21.3 Å². The van der Waals surface area contributed by atoms with E-state index in [0.717, 1.165) is 36.9 Å². The number of nitrogens with one attached hydrogen (secondary N) is 1. The number of benzene rings is 2. The number of hydrogen-bond donors (Lipinski definition) is 1. The lowest BCUT2D eigenvalue weighted by molar-refractivity contribution is 0.0792. The SMILES string of the molecule is CCNC(c1ccc(F)c2ccccc12)C1CCCO1. The number of ether oxygens (including phenoxy) is 1. The van der Waals surface area contributed by atoms with Crippen molar-refractivity contribution in [1.82, 2.24) is 5.32 Å². The van der Waals surface area contributed by atoms with Crippen LogP contribution >= 0.6 is 0 Å². The Bertz CT molecular complexity index is 593. The van der Waals surface area contributed by atoms with Crippen LogP contribution in [0.25, 0.3) is 10.8 Å². The molecule has 2 unspecified atom stereocenters. The normalized spacial score (nSPS) is 20.4. The first kappa shape index (κ1) is 13.5. The molecule has 0 spiro atoms. The van der Waals surface area contributed by atoms with Gasteiger partial charge in [-0.15, -0.1) is 0 Å². The highest BCUT2D eigenvalue weighted by Crippen LogP contribution is 2.32. The van der Waals surface area contributed by atoms with Crippen LogP contribution in [0.5, 0.6) is 0 Å². The molecular weight excluding hydrogens is 253 g/mol. The van der Waals surface area contributed by atoms with Gasteiger partial charge in [-0.25, -0.2) is 4.39 Å². The van der Waals surface area contributed by atoms with Crippen molar-refractivity contribution in [3.63, 3.8) is 0 Å². The summed E-state index contributed by atoms with van der Waals surface area (Å²) in [6, 6.07) is 11.3. The second-order valence-electron chi connectivity index (χ2n) is 5.27. The summed E-state index contributed by atoms with van der Waals surface area (Å²) in [7, 11) is 0. The monoisotopic (exact) mass is 273 g/mol. The van der Waals surface area contributed by atoms with Gasteiger partial charge in [-0.2, -0.15) is 0 Å². The standard InChI is InChI=1S/C17H20FNO/c1-2-19-17(16-8-5-11-20-16)14-9-10-15(18)13-7-4-3-6-12(13)14/h3-4,6-7,9-10,16-17,19H,2,5,8,11H2,1H3. The molecule has 1 N–H and O–H groups in total. The number of fused-ring (bicyclic) bond motifs is 1. The third-order valence-electron chi connectivity index (χ3n) is 4.00. The summed E-state index contributed by atoms with van der Waals surface area (Å²) >= 11 is 0. The molecule has 0 saturated carbocycles. The summed E-state index contributed by atoms with van der Waals surface area (Å²) < 4.78 is 19.8. The van der Waals surface area contributed by atoms with Gasteiger partial charge in [-0.1, -0.05) is 37.3 Å². The zero-order valence-corrected chi connectivity index (χ0v) is 11.7. The second-order valence-corrected chi connectivity index (χ2v) is 5.27. The summed E-state index contributed by atoms with van der Waals surface area (Å²) in [4.78, 5) is 0. The van der Waals surface area contributed by atoms with E-state index in [1.807, 2.05) is 30.3 Å². The van der Waals surface area contributed by atoms with Gasteiger partial charge < -0.3 is 10.1 Å². The van der Waals surface area contributed by atoms with Gasteiger partial charge in [0.15, 0.2) is 0 Å². The van der Waals surface area contributed by atoms with Gasteiger partial charge in [-0.05, 0) is 36.4 Å². The van der Waals surface area contributed by atoms with Gasteiger partial charge in [0.25, 0.3) is 0 Å². The Kier molecular flexibility index (Phi) is 3.99. The van der Waals surface area contributed by atoms with Crippen molar-refractivity contribution in [1.29, 1.82) is 0 Å². The lowest BCUT2D eigenvalue weighted by atomic mass is 9.93. The first-order valence-corrected chi connectivity index (χ1v) is 7.33. The van der Waals surface area contributed by atoms with Gasteiger partial charge in [0.05, 0.1) is 12.1 Å². The predicted molar refractivity (Wildman–Crippen MR) is 79.3 cm³/mol. The van der Waals surface area contributed by atoms with Crippen LogP contribution in [0.1, 0.15) is 31.4 Å². The molecule has 1 saturated heterocycles. The number of rotatable bonds is 4. The van der Waals surface area contributed by atoms with Crippen LogP contribution < -0.4 is 5.32 Å². The van der Waals surface area contributed by atoms with Gasteiger partial charge in [0.1, 0.15) is 5.82 Å². The molecule has 0 amide bonds. The maximum Gasteiger partial charge on any atom is 0.131 e. The Labute approximate surface area is 118 Å². The molecule has 3 heteroatoms. The van der Waals surface area contributed by atoms with E-state index in [4.69, 9.17) is 4.74 Å². The van der Waals surface area contributed by atoms with Crippen molar-refractivity contribution < 1.29 is 9.13 Å². The molecule has 20 heavy (non-hydrogen) atoms. The first-order valence-electron chi connectivity index (χ1n) is 7.33. The molecular formula is C17H20FNO. The minimum Gasteiger partial charge on any atom is -0.376 e. The van der Waals surface area contributed by atoms with Gasteiger partial charge >= 0.3 is 0 Å². The van der Waals surface area contributed by atoms with Crippen molar-refractivity contribution >= 4 is 10.8 Å². The molecule has 0 aliphatic carbocycles. The van der Waals surface area contributed by atoms with Crippen molar-refractivity contribution in [2.24, 2.45) is 0 Å². The molecule has 3 rings (SSSR count). The van der Waals surface area contributed by atoms with Crippen LogP contribution in [0.2, 0.25) is 0 Å². The van der Waals surface area contributed by atoms with Crippen LogP contribution in [-0.4, -0.2) is 19.3 Å². The second kappa shape index (κ2) is 5.90. The Morgan fingerprint density at radius 2 is 2.05 bits per heavy atom. The largest absolute Gasteiger partial charge is 0.376 e. The molecule has 1 heterocycles. The third kappa shape index (κ3) is 2.43. The van der Waals surface area contributed by atoms with Crippen LogP contribution in [-0.2, 0) is 4.74 Å². The maximum atomic E-state index is 13.9. The van der Waals surface area contributed by atoms with E-state index in [9.17, 15) is 4.39 Å². The van der Waals surface area contributed by atoms with Crippen molar-refractivity contribution in [2.75, 3.05) is 13.2 Å². The smallest absolute Gasteiger partial charge is 0.131 e. The molecule has 106 valence electrons. The van der Waals surface area contributed by atoms with Crippen LogP contribution in [0.3, 0.4) is 0 Å². The van der Waals surface area contributed by atoms with E-state index < -0.39 is 0 Å². The van der Waals surface area contributed by atoms with E-state index >= 15 is 0 Å². The van der Waals surface area contributed by atoms with Crippen LogP contribution in [0.4, 0.5) is 4.39 Å². The quantitative estimate of drug-likeness (QED) is 0.914. The van der Waals surface area contributed by atoms with Crippen molar-refractivity contribution in [3.8, 4) is 0 Å². The van der Waals surface area contributed by atoms with E-state index in [1.54, 1.807) is 6.07 Å². The number of halogens is 1. The van der Waals surface area contributed by atoms with Crippen LogP contribution in [0, 0.1) is 5.82 Å². The maximum absolute atomic E-state index is 13.9. The summed E-state index contributed by atoms with van der Waals surface area (Å²) in [5, 5.41) is 5.17. The molecule has 1 fully saturated rings. The Morgan fingerprint density at radius 3 is 2.75 bits per heavy atom. The summed E-state index contributed by atoms with van der Waals surface area (Å²) in [6.45, 7) is 3.79. The van der Waals surface area contributed by atoms with E-state index in [-0.39, 0.29) is 18.0 Å². The Balaban J connectivity index is 2.08. The molecule has 0 aromatic heterocycles. The van der Waals surface area contributed by atoms with Crippen molar-refractivity contribution in [3.05, 3.63) is 47.8 Å². The lowest BCUT2D eigenvalue weighted by Crippen LogP contribution is -2.31. The molecule has 0 bridgehead atoms. The zero-order chi connectivity index (χ0) is 13.9. The highest BCUT2D eigenvalue weighted by atomic mass is 19.1. The molecule has 2 atom stereocenters. The highest BCUT2D eigenvalue weighted by molar-refractivity contribution is 5.86. The van der Waals surface area contributed by atoms with Gasteiger partial charge in [0.2, 0.25) is 0 Å². The van der Waals surface area contributed by atoms with E-state index in [1.165, 1.54) is 0 Å². The minimum absolute atomic E-state index is 0.132. The molecule has 1 aliphatic heterocycles. The minimum atomic E-state index is -0.160. The average molecular weight is 273 g/mol. The Hall–Kier alpha value is -1.45. The molecule has 0 radical (unpaired) electrons. The van der Waals surface area contributed by atoms with Gasteiger partial charge in [-0.3, -0.25) is 0 Å². The molecule has 1 aliphatic rings. The highest BCUT2D eigenvalue weighted by Gasteiger charge is 2.28. The third-order valence-corrected chi connectivity index (χ3v) is 4.00. The van der Waals surface area contributed by atoms with Gasteiger partial charge in [0, 0.05) is 12.0 Å². The first-order chi connectivity index (χ1) is 9.81. The molecule has 2 aromatic carbocycles. The Morgan fingerprint density at radius 1 is 1.25 bits per heavy atom. The summed E-state index contributed by atoms with van der Waals surface area (Å²) in [6.07, 6.45) is 2.35. The summed E-state index contributed by atoms with van der Waals surface area (Å²) in [5.74, 6) is -0.160. The van der Waals surface area contributed by atoms with Crippen LogP contribution in [0.15, 0.2) is 36.4 Å². The van der Waals surface area contributed by atoms with E-state index in [2.05, 4.69) is 12.2 Å². The lowest BCUT2D eigenvalue weighted by Gasteiger charge is -2.25. The molecule has 2 aromatic rings. The zero-order valence-electron chi connectivity index (χ0n) is 11.7. The summed E-state index contributed by atoms with van der Waals surface area (Å²) in [5.41, 5.74) is 1.13. The number of hydrogen-bond acceptors (Lipinski definition) is 2. The van der Waals surface area contributed by atoms with E-state index in [0.29, 0.717) is 5.39 Å². The average Bonchev–Trinajstić information content (AvgIpc) is 3.00. The fourth-order valence-electron chi connectivity index (χ4n) is 3.08. The fraction of sp³-hybridized carbons (Fsp3) is 0.412. The molecule has 2 nitrogen and oxygen atoms in total. The number of likely N-dealkylation sites (N-methyl/N-ethyl adjacent to an activating group) is 1. The fourth-order valence-corrected chi connectivity index (χ4v) is 3.08. The van der Waals surface area contributed by atoms with Crippen molar-refractivity contribution in [2.45, 2.75) is 31.9 Å².